The summed E-state index contributed by atoms with van der Waals surface area (Å²) in [6.45, 7) is 4.65. The molecule has 0 fully saturated rings. The van der Waals surface area contributed by atoms with Crippen LogP contribution in [0.2, 0.25) is 0 Å². The van der Waals surface area contributed by atoms with E-state index in [1.807, 2.05) is 18.4 Å². The van der Waals surface area contributed by atoms with E-state index in [-0.39, 0.29) is 17.3 Å². The molecule has 1 aliphatic heterocycles. The van der Waals surface area contributed by atoms with E-state index < -0.39 is 0 Å². The van der Waals surface area contributed by atoms with Crippen LogP contribution in [0, 0.1) is 0 Å². The van der Waals surface area contributed by atoms with E-state index in [2.05, 4.69) is 18.8 Å². The van der Waals surface area contributed by atoms with Crippen molar-refractivity contribution in [3.63, 3.8) is 0 Å². The topological polar surface area (TPSA) is 104 Å². The molecule has 31 heavy (non-hydrogen) atoms. The molecule has 0 aromatic carbocycles. The highest BCUT2D eigenvalue weighted by molar-refractivity contribution is 8.00. The highest BCUT2D eigenvalue weighted by Crippen LogP contribution is 2.45. The van der Waals surface area contributed by atoms with Crippen molar-refractivity contribution in [3.8, 4) is 11.5 Å². The van der Waals surface area contributed by atoms with Crippen molar-refractivity contribution in [1.82, 2.24) is 15.0 Å². The van der Waals surface area contributed by atoms with Gasteiger partial charge in [-0.05, 0) is 37.8 Å². The molecule has 4 aromatic heterocycles. The lowest BCUT2D eigenvalue weighted by Crippen LogP contribution is -2.32. The van der Waals surface area contributed by atoms with Gasteiger partial charge in [0.15, 0.2) is 10.9 Å². The third-order valence-corrected chi connectivity index (χ3v) is 7.88. The van der Waals surface area contributed by atoms with Crippen molar-refractivity contribution in [3.05, 3.63) is 29.5 Å². The molecule has 0 saturated carbocycles. The van der Waals surface area contributed by atoms with Crippen LogP contribution in [0.1, 0.15) is 25.0 Å². The van der Waals surface area contributed by atoms with Gasteiger partial charge in [-0.15, -0.1) is 11.3 Å². The zero-order valence-corrected chi connectivity index (χ0v) is 19.7. The first-order valence-corrected chi connectivity index (χ1v) is 12.7. The predicted octanol–water partition coefficient (Wildman–Crippen LogP) is 4.65. The van der Waals surface area contributed by atoms with Gasteiger partial charge in [0.05, 0.1) is 34.4 Å². The Bertz CT molecular complexity index is 1320. The van der Waals surface area contributed by atoms with Gasteiger partial charge in [-0.2, -0.15) is 0 Å². The van der Waals surface area contributed by atoms with Crippen LogP contribution in [0.25, 0.3) is 31.9 Å². The van der Waals surface area contributed by atoms with Crippen LogP contribution >= 0.6 is 34.9 Å². The van der Waals surface area contributed by atoms with Crippen molar-refractivity contribution in [2.24, 2.45) is 5.73 Å². The molecule has 1 aliphatic rings. The van der Waals surface area contributed by atoms with Crippen molar-refractivity contribution >= 4 is 61.2 Å². The van der Waals surface area contributed by atoms with Crippen LogP contribution in [0.3, 0.4) is 0 Å². The molecule has 0 spiro atoms. The zero-order chi connectivity index (χ0) is 21.8. The summed E-state index contributed by atoms with van der Waals surface area (Å²) in [5.41, 5.74) is 8.99. The summed E-state index contributed by atoms with van der Waals surface area (Å²) in [7, 11) is 0. The first kappa shape index (κ1) is 20.7. The van der Waals surface area contributed by atoms with Crippen molar-refractivity contribution in [2.75, 3.05) is 12.0 Å². The molecule has 5 heterocycles. The number of aromatic nitrogens is 3. The van der Waals surface area contributed by atoms with Crippen LogP contribution in [-0.4, -0.2) is 38.5 Å². The fourth-order valence-corrected chi connectivity index (χ4v) is 6.19. The molecule has 160 valence electrons. The number of carbonyl (C=O) groups is 1. The molecule has 4 aromatic rings. The normalized spacial score (nSPS) is 15.5. The van der Waals surface area contributed by atoms with E-state index in [1.54, 1.807) is 17.6 Å². The minimum Gasteiger partial charge on any atom is -0.463 e. The Morgan fingerprint density at radius 1 is 1.29 bits per heavy atom. The molecule has 5 rings (SSSR count). The van der Waals surface area contributed by atoms with Crippen molar-refractivity contribution in [2.45, 2.75) is 42.7 Å². The van der Waals surface area contributed by atoms with Crippen LogP contribution in [0.4, 0.5) is 0 Å². The van der Waals surface area contributed by atoms with Gasteiger partial charge in [0.25, 0.3) is 0 Å². The van der Waals surface area contributed by atoms with Gasteiger partial charge in [0.1, 0.15) is 15.6 Å². The molecule has 2 N–H and O–H groups in total. The monoisotopic (exact) mass is 472 g/mol. The van der Waals surface area contributed by atoms with Gasteiger partial charge in [0, 0.05) is 17.4 Å². The van der Waals surface area contributed by atoms with Crippen molar-refractivity contribution < 1.29 is 13.9 Å². The average Bonchev–Trinajstić information content (AvgIpc) is 3.38. The van der Waals surface area contributed by atoms with Crippen LogP contribution in [0.15, 0.2) is 33.0 Å². The third-order valence-electron chi connectivity index (χ3n) is 5.13. The first-order chi connectivity index (χ1) is 14.9. The van der Waals surface area contributed by atoms with Gasteiger partial charge in [0.2, 0.25) is 5.91 Å². The fourth-order valence-electron chi connectivity index (χ4n) is 3.77. The Balaban J connectivity index is 1.84. The summed E-state index contributed by atoms with van der Waals surface area (Å²) in [6, 6.07) is 3.78. The molecular weight excluding hydrogens is 452 g/mol. The molecule has 1 amide bonds. The standard InChI is InChI=1S/C21H20N4O3S3/c1-21(2)7-10-11(8-28-21)15(12-5-4-6-27-12)23-18-14(10)16-17(31-18)19(30-9-13(22)26)25-20(24-16)29-3/h4-6H,7-9H2,1-3H3,(H2,22,26). The van der Waals surface area contributed by atoms with Gasteiger partial charge in [-0.1, -0.05) is 23.5 Å². The summed E-state index contributed by atoms with van der Waals surface area (Å²) in [5.74, 6) is 0.509. The lowest BCUT2D eigenvalue weighted by molar-refractivity contribution is -0.115. The number of amides is 1. The van der Waals surface area contributed by atoms with Gasteiger partial charge in [-0.25, -0.2) is 15.0 Å². The van der Waals surface area contributed by atoms with E-state index in [1.165, 1.54) is 29.1 Å². The summed E-state index contributed by atoms with van der Waals surface area (Å²) in [5, 5.41) is 2.46. The number of nitrogens with two attached hydrogens (primary N) is 1. The van der Waals surface area contributed by atoms with Crippen molar-refractivity contribution in [1.29, 1.82) is 0 Å². The lowest BCUT2D eigenvalue weighted by Gasteiger charge is -2.32. The van der Waals surface area contributed by atoms with E-state index in [4.69, 9.17) is 24.9 Å². The number of hydrogen-bond donors (Lipinski definition) is 1. The quantitative estimate of drug-likeness (QED) is 0.254. The largest absolute Gasteiger partial charge is 0.463 e. The van der Waals surface area contributed by atoms with E-state index in [0.29, 0.717) is 11.8 Å². The van der Waals surface area contributed by atoms with Gasteiger partial charge < -0.3 is 14.9 Å². The van der Waals surface area contributed by atoms with E-state index >= 15 is 0 Å². The second-order valence-corrected chi connectivity index (χ2v) is 10.6. The number of thioether (sulfide) groups is 2. The Hall–Kier alpha value is -2.14. The summed E-state index contributed by atoms with van der Waals surface area (Å²) >= 11 is 4.36. The maximum atomic E-state index is 11.4. The molecule has 0 aliphatic carbocycles. The van der Waals surface area contributed by atoms with E-state index in [9.17, 15) is 4.79 Å². The van der Waals surface area contributed by atoms with E-state index in [0.717, 1.165) is 48.9 Å². The second-order valence-electron chi connectivity index (χ2n) is 7.85. The number of carbonyl (C=O) groups excluding carboxylic acids is 1. The number of fused-ring (bicyclic) bond motifs is 5. The smallest absolute Gasteiger partial charge is 0.227 e. The summed E-state index contributed by atoms with van der Waals surface area (Å²) in [6.07, 6.45) is 4.34. The molecule has 0 radical (unpaired) electrons. The molecule has 10 heteroatoms. The highest BCUT2D eigenvalue weighted by atomic mass is 32.2. The highest BCUT2D eigenvalue weighted by Gasteiger charge is 2.32. The molecule has 0 unspecified atom stereocenters. The number of pyridine rings is 1. The third kappa shape index (κ3) is 3.71. The molecule has 0 saturated heterocycles. The minimum atomic E-state index is -0.377. The lowest BCUT2D eigenvalue weighted by atomic mass is 9.89. The SMILES string of the molecule is CSc1nc(SCC(N)=O)c2sc3nc(-c4ccco4)c4c(c3c2n1)CC(C)(C)OC4. The molecule has 7 nitrogen and oxygen atoms in total. The number of hydrogen-bond acceptors (Lipinski definition) is 9. The minimum absolute atomic E-state index is 0.165. The Morgan fingerprint density at radius 2 is 2.13 bits per heavy atom. The Kier molecular flexibility index (Phi) is 5.20. The first-order valence-electron chi connectivity index (χ1n) is 9.65. The fraction of sp³-hybridized carbons (Fsp3) is 0.333. The van der Waals surface area contributed by atoms with Gasteiger partial charge >= 0.3 is 0 Å². The van der Waals surface area contributed by atoms with Crippen LogP contribution in [0.5, 0.6) is 0 Å². The summed E-state index contributed by atoms with van der Waals surface area (Å²) in [4.78, 5) is 26.7. The molecule has 0 bridgehead atoms. The number of primary amides is 1. The molecular formula is C21H20N4O3S3. The maximum absolute atomic E-state index is 11.4. The number of ether oxygens (including phenoxy) is 1. The van der Waals surface area contributed by atoms with Gasteiger partial charge in [-0.3, -0.25) is 4.79 Å². The average molecular weight is 473 g/mol. The summed E-state index contributed by atoms with van der Waals surface area (Å²) < 4.78 is 12.7. The number of furan rings is 1. The van der Waals surface area contributed by atoms with Crippen LogP contribution in [-0.2, 0) is 22.6 Å². The Labute approximate surface area is 191 Å². The predicted molar refractivity (Wildman–Crippen MR) is 125 cm³/mol. The number of nitrogens with zero attached hydrogens (tertiary/aromatic N) is 3. The number of rotatable bonds is 5. The molecule has 0 atom stereocenters. The van der Waals surface area contributed by atoms with Crippen LogP contribution < -0.4 is 5.73 Å². The zero-order valence-electron chi connectivity index (χ0n) is 17.2. The second kappa shape index (κ2) is 7.77. The number of thiophene rings is 1. The Morgan fingerprint density at radius 3 is 2.84 bits per heavy atom. The maximum Gasteiger partial charge on any atom is 0.227 e.